The van der Waals surface area contributed by atoms with E-state index in [4.69, 9.17) is 5.73 Å². The highest BCUT2D eigenvalue weighted by Crippen LogP contribution is 2.30. The molecule has 5 heteroatoms. The van der Waals surface area contributed by atoms with E-state index in [1.165, 1.54) is 0 Å². The average molecular weight is 275 g/mol. The molecule has 0 radical (unpaired) electrons. The summed E-state index contributed by atoms with van der Waals surface area (Å²) in [5.74, 6) is 0.159. The van der Waals surface area contributed by atoms with Crippen LogP contribution in [-0.2, 0) is 4.79 Å². The zero-order valence-electron chi connectivity index (χ0n) is 11.5. The van der Waals surface area contributed by atoms with Crippen LogP contribution < -0.4 is 16.4 Å². The van der Waals surface area contributed by atoms with Crippen LogP contribution in [0.3, 0.4) is 0 Å². The van der Waals surface area contributed by atoms with E-state index in [0.29, 0.717) is 18.7 Å². The SMILES string of the molecule is NCCCCNC(=O)c1ccc(NC(=O)C2CC2)cc1. The Labute approximate surface area is 118 Å². The molecule has 4 N–H and O–H groups in total. The zero-order chi connectivity index (χ0) is 14.4. The number of anilines is 1. The van der Waals surface area contributed by atoms with Gasteiger partial charge < -0.3 is 16.4 Å². The van der Waals surface area contributed by atoms with E-state index in [2.05, 4.69) is 10.6 Å². The summed E-state index contributed by atoms with van der Waals surface area (Å²) in [6.45, 7) is 1.28. The number of hydrogen-bond donors (Lipinski definition) is 3. The molecule has 20 heavy (non-hydrogen) atoms. The highest BCUT2D eigenvalue weighted by atomic mass is 16.2. The number of unbranched alkanes of at least 4 members (excludes halogenated alkanes) is 1. The molecule has 0 aliphatic heterocycles. The van der Waals surface area contributed by atoms with Gasteiger partial charge in [0.05, 0.1) is 0 Å². The molecule has 0 bridgehead atoms. The summed E-state index contributed by atoms with van der Waals surface area (Å²) in [6.07, 6.45) is 3.76. The van der Waals surface area contributed by atoms with E-state index in [9.17, 15) is 9.59 Å². The largest absolute Gasteiger partial charge is 0.352 e. The molecule has 0 unspecified atom stereocenters. The maximum Gasteiger partial charge on any atom is 0.251 e. The van der Waals surface area contributed by atoms with Crippen LogP contribution in [0, 0.1) is 5.92 Å². The van der Waals surface area contributed by atoms with Crippen molar-refractivity contribution in [2.75, 3.05) is 18.4 Å². The number of benzene rings is 1. The zero-order valence-corrected chi connectivity index (χ0v) is 11.5. The lowest BCUT2D eigenvalue weighted by Gasteiger charge is -2.07. The molecule has 0 aromatic heterocycles. The van der Waals surface area contributed by atoms with Crippen molar-refractivity contribution in [1.82, 2.24) is 5.32 Å². The van der Waals surface area contributed by atoms with Gasteiger partial charge in [0.2, 0.25) is 5.91 Å². The minimum atomic E-state index is -0.0953. The summed E-state index contributed by atoms with van der Waals surface area (Å²) in [4.78, 5) is 23.4. The minimum Gasteiger partial charge on any atom is -0.352 e. The van der Waals surface area contributed by atoms with Crippen molar-refractivity contribution in [3.63, 3.8) is 0 Å². The van der Waals surface area contributed by atoms with Gasteiger partial charge in [-0.1, -0.05) is 0 Å². The topological polar surface area (TPSA) is 84.2 Å². The Morgan fingerprint density at radius 1 is 1.15 bits per heavy atom. The predicted octanol–water partition coefficient (Wildman–Crippen LogP) is 1.50. The maximum absolute atomic E-state index is 11.8. The number of amides is 2. The fourth-order valence-corrected chi connectivity index (χ4v) is 1.87. The number of hydrogen-bond acceptors (Lipinski definition) is 3. The average Bonchev–Trinajstić information content (AvgIpc) is 3.29. The normalized spacial score (nSPS) is 13.8. The molecule has 1 aliphatic rings. The quantitative estimate of drug-likeness (QED) is 0.659. The van der Waals surface area contributed by atoms with Crippen LogP contribution in [0.2, 0.25) is 0 Å². The predicted molar refractivity (Wildman–Crippen MR) is 78.4 cm³/mol. The van der Waals surface area contributed by atoms with Gasteiger partial charge in [0.15, 0.2) is 0 Å². The molecular formula is C15H21N3O2. The second kappa shape index (κ2) is 7.05. The molecule has 1 fully saturated rings. The third-order valence-electron chi connectivity index (χ3n) is 3.28. The first-order chi connectivity index (χ1) is 9.70. The van der Waals surface area contributed by atoms with E-state index < -0.39 is 0 Å². The summed E-state index contributed by atoms with van der Waals surface area (Å²) in [6, 6.07) is 6.96. The summed E-state index contributed by atoms with van der Waals surface area (Å²) < 4.78 is 0. The van der Waals surface area contributed by atoms with Gasteiger partial charge in [0, 0.05) is 23.7 Å². The summed E-state index contributed by atoms with van der Waals surface area (Å²) in [7, 11) is 0. The Hall–Kier alpha value is -1.88. The molecule has 0 atom stereocenters. The van der Waals surface area contributed by atoms with Crippen LogP contribution in [0.5, 0.6) is 0 Å². The highest BCUT2D eigenvalue weighted by molar-refractivity contribution is 5.96. The molecule has 0 saturated heterocycles. The molecule has 1 saturated carbocycles. The second-order valence-electron chi connectivity index (χ2n) is 5.09. The number of carbonyl (C=O) groups is 2. The Bertz CT molecular complexity index is 467. The van der Waals surface area contributed by atoms with E-state index >= 15 is 0 Å². The van der Waals surface area contributed by atoms with Gasteiger partial charge in [-0.3, -0.25) is 9.59 Å². The van der Waals surface area contributed by atoms with Crippen LogP contribution in [0.25, 0.3) is 0 Å². The van der Waals surface area contributed by atoms with Crippen molar-refractivity contribution < 1.29 is 9.59 Å². The minimum absolute atomic E-state index is 0.0731. The lowest BCUT2D eigenvalue weighted by molar-refractivity contribution is -0.117. The van der Waals surface area contributed by atoms with Crippen molar-refractivity contribution in [3.8, 4) is 0 Å². The van der Waals surface area contributed by atoms with Crippen LogP contribution in [-0.4, -0.2) is 24.9 Å². The van der Waals surface area contributed by atoms with Crippen LogP contribution in [0.1, 0.15) is 36.0 Å². The number of carbonyl (C=O) groups excluding carboxylic acids is 2. The number of rotatable bonds is 7. The van der Waals surface area contributed by atoms with Gasteiger partial charge in [-0.15, -0.1) is 0 Å². The van der Waals surface area contributed by atoms with Crippen LogP contribution >= 0.6 is 0 Å². The Balaban J connectivity index is 1.80. The first-order valence-electron chi connectivity index (χ1n) is 7.10. The van der Waals surface area contributed by atoms with Crippen molar-refractivity contribution in [3.05, 3.63) is 29.8 Å². The third-order valence-corrected chi connectivity index (χ3v) is 3.28. The molecule has 108 valence electrons. The summed E-state index contributed by atoms with van der Waals surface area (Å²) in [5, 5.41) is 5.69. The smallest absolute Gasteiger partial charge is 0.251 e. The van der Waals surface area contributed by atoms with Crippen LogP contribution in [0.15, 0.2) is 24.3 Å². The fraction of sp³-hybridized carbons (Fsp3) is 0.467. The first-order valence-corrected chi connectivity index (χ1v) is 7.10. The van der Waals surface area contributed by atoms with Gasteiger partial charge in [-0.25, -0.2) is 0 Å². The Morgan fingerprint density at radius 3 is 2.45 bits per heavy atom. The van der Waals surface area contributed by atoms with E-state index in [0.717, 1.165) is 31.4 Å². The molecule has 2 amide bonds. The van der Waals surface area contributed by atoms with E-state index in [1.807, 2.05) is 0 Å². The second-order valence-corrected chi connectivity index (χ2v) is 5.09. The lowest BCUT2D eigenvalue weighted by Crippen LogP contribution is -2.24. The molecule has 1 aromatic rings. The van der Waals surface area contributed by atoms with Gasteiger partial charge in [0.25, 0.3) is 5.91 Å². The number of nitrogens with two attached hydrogens (primary N) is 1. The molecule has 5 nitrogen and oxygen atoms in total. The van der Waals surface area contributed by atoms with Gasteiger partial charge in [-0.05, 0) is 56.5 Å². The standard InChI is InChI=1S/C15H21N3O2/c16-9-1-2-10-17-14(19)11-5-7-13(8-6-11)18-15(20)12-3-4-12/h5-8,12H,1-4,9-10,16H2,(H,17,19)(H,18,20). The van der Waals surface area contributed by atoms with Crippen molar-refractivity contribution in [1.29, 1.82) is 0 Å². The first kappa shape index (κ1) is 14.5. The van der Waals surface area contributed by atoms with Crippen molar-refractivity contribution in [2.45, 2.75) is 25.7 Å². The van der Waals surface area contributed by atoms with E-state index in [-0.39, 0.29) is 17.7 Å². The highest BCUT2D eigenvalue weighted by Gasteiger charge is 2.29. The summed E-state index contributed by atoms with van der Waals surface area (Å²) >= 11 is 0. The van der Waals surface area contributed by atoms with Gasteiger partial charge in [0.1, 0.15) is 0 Å². The van der Waals surface area contributed by atoms with Gasteiger partial charge >= 0.3 is 0 Å². The monoisotopic (exact) mass is 275 g/mol. The van der Waals surface area contributed by atoms with Crippen molar-refractivity contribution in [2.24, 2.45) is 11.7 Å². The third kappa shape index (κ3) is 4.35. The molecule has 1 aromatic carbocycles. The van der Waals surface area contributed by atoms with Crippen LogP contribution in [0.4, 0.5) is 5.69 Å². The summed E-state index contributed by atoms with van der Waals surface area (Å²) in [5.41, 5.74) is 6.73. The molecule has 0 spiro atoms. The molecule has 1 aliphatic carbocycles. The fourth-order valence-electron chi connectivity index (χ4n) is 1.87. The molecule has 0 heterocycles. The van der Waals surface area contributed by atoms with Gasteiger partial charge in [-0.2, -0.15) is 0 Å². The van der Waals surface area contributed by atoms with E-state index in [1.54, 1.807) is 24.3 Å². The maximum atomic E-state index is 11.8. The number of nitrogens with one attached hydrogen (secondary N) is 2. The van der Waals surface area contributed by atoms with Crippen molar-refractivity contribution >= 4 is 17.5 Å². The molecule has 2 rings (SSSR count). The lowest BCUT2D eigenvalue weighted by atomic mass is 10.2. The Morgan fingerprint density at radius 2 is 1.85 bits per heavy atom. The molecular weight excluding hydrogens is 254 g/mol. The Kier molecular flexibility index (Phi) is 5.12.